The zero-order valence-corrected chi connectivity index (χ0v) is 13.1. The number of rotatable bonds is 3. The molecule has 110 valence electrons. The van der Waals surface area contributed by atoms with Crippen LogP contribution in [-0.2, 0) is 5.41 Å². The third-order valence-electron chi connectivity index (χ3n) is 3.42. The van der Waals surface area contributed by atoms with Crippen LogP contribution < -0.4 is 11.5 Å². The first-order valence-corrected chi connectivity index (χ1v) is 7.03. The average molecular weight is 303 g/mol. The normalized spacial score (nSPS) is 12.0. The van der Waals surface area contributed by atoms with E-state index in [0.29, 0.717) is 5.82 Å². The maximum Gasteiger partial charge on any atom is 0.222 e. The number of nitrogens with two attached hydrogens (primary N) is 2. The van der Waals surface area contributed by atoms with Crippen LogP contribution in [0.3, 0.4) is 0 Å². The summed E-state index contributed by atoms with van der Waals surface area (Å²) >= 11 is 6.27. The van der Waals surface area contributed by atoms with Gasteiger partial charge in [-0.25, -0.2) is 4.98 Å². The van der Waals surface area contributed by atoms with Crippen molar-refractivity contribution in [3.63, 3.8) is 0 Å². The molecule has 1 heterocycles. The number of hydrogen-bond acceptors (Lipinski definition) is 4. The van der Waals surface area contributed by atoms with Gasteiger partial charge in [-0.1, -0.05) is 55.8 Å². The monoisotopic (exact) mass is 302 g/mol. The molecule has 0 radical (unpaired) electrons. The lowest BCUT2D eigenvalue weighted by atomic mass is 9.84. The second-order valence-electron chi connectivity index (χ2n) is 5.50. The number of halogens is 1. The predicted octanol–water partition coefficient (Wildman–Crippen LogP) is 3.59. The molecule has 0 fully saturated rings. The zero-order chi connectivity index (χ0) is 15.6. The molecule has 0 aliphatic heterocycles. The molecule has 4 N–H and O–H groups in total. The van der Waals surface area contributed by atoms with E-state index in [1.54, 1.807) is 0 Å². The van der Waals surface area contributed by atoms with Crippen LogP contribution in [0.5, 0.6) is 0 Å². The number of nitrogen functional groups attached to an aromatic ring is 2. The highest BCUT2D eigenvalue weighted by molar-refractivity contribution is 6.31. The highest BCUT2D eigenvalue weighted by Crippen LogP contribution is 2.32. The van der Waals surface area contributed by atoms with Gasteiger partial charge in [-0.15, -0.1) is 0 Å². The molecule has 2 rings (SSSR count). The van der Waals surface area contributed by atoms with Crippen molar-refractivity contribution < 1.29 is 0 Å². The lowest BCUT2D eigenvalue weighted by Crippen LogP contribution is -2.14. The van der Waals surface area contributed by atoms with Gasteiger partial charge < -0.3 is 11.5 Å². The molecule has 0 aliphatic carbocycles. The van der Waals surface area contributed by atoms with Crippen LogP contribution in [0.15, 0.2) is 30.3 Å². The fraction of sp³-hybridized carbons (Fsp3) is 0.250. The fourth-order valence-corrected chi connectivity index (χ4v) is 2.58. The van der Waals surface area contributed by atoms with Gasteiger partial charge in [0.15, 0.2) is 0 Å². The summed E-state index contributed by atoms with van der Waals surface area (Å²) in [5.41, 5.74) is 13.8. The molecule has 0 saturated carbocycles. The molecule has 0 unspecified atom stereocenters. The molecule has 1 aromatic carbocycles. The van der Waals surface area contributed by atoms with E-state index in [4.69, 9.17) is 23.1 Å². The number of aryl methyl sites for hydroxylation is 1. The summed E-state index contributed by atoms with van der Waals surface area (Å²) in [7, 11) is 0. The Hall–Kier alpha value is -2.07. The van der Waals surface area contributed by atoms with Crippen LogP contribution >= 0.6 is 11.6 Å². The first kappa shape index (κ1) is 15.3. The van der Waals surface area contributed by atoms with Crippen molar-refractivity contribution in [3.8, 4) is 0 Å². The van der Waals surface area contributed by atoms with E-state index in [1.807, 2.05) is 43.3 Å². The Morgan fingerprint density at radius 2 is 1.81 bits per heavy atom. The summed E-state index contributed by atoms with van der Waals surface area (Å²) in [4.78, 5) is 8.13. The first-order chi connectivity index (χ1) is 9.81. The van der Waals surface area contributed by atoms with Crippen molar-refractivity contribution in [1.29, 1.82) is 0 Å². The lowest BCUT2D eigenvalue weighted by molar-refractivity contribution is 0.673. The molecule has 0 spiro atoms. The van der Waals surface area contributed by atoms with Gasteiger partial charge >= 0.3 is 0 Å². The van der Waals surface area contributed by atoms with Crippen LogP contribution in [-0.4, -0.2) is 9.97 Å². The van der Waals surface area contributed by atoms with Crippen LogP contribution in [0.1, 0.15) is 30.7 Å². The summed E-state index contributed by atoms with van der Waals surface area (Å²) in [6, 6.07) is 7.80. The van der Waals surface area contributed by atoms with Gasteiger partial charge in [0.05, 0.1) is 5.69 Å². The van der Waals surface area contributed by atoms with E-state index in [0.717, 1.165) is 21.8 Å². The molecule has 1 aromatic heterocycles. The van der Waals surface area contributed by atoms with Gasteiger partial charge in [-0.2, -0.15) is 4.98 Å². The summed E-state index contributed by atoms with van der Waals surface area (Å²) in [6.45, 7) is 6.04. The maximum atomic E-state index is 6.27. The van der Waals surface area contributed by atoms with E-state index in [2.05, 4.69) is 23.8 Å². The van der Waals surface area contributed by atoms with Gasteiger partial charge in [-0.3, -0.25) is 0 Å². The molecule has 2 aromatic rings. The predicted molar refractivity (Wildman–Crippen MR) is 89.1 cm³/mol. The Morgan fingerprint density at radius 1 is 1.14 bits per heavy atom. The molecule has 4 nitrogen and oxygen atoms in total. The van der Waals surface area contributed by atoms with Crippen molar-refractivity contribution in [2.75, 3.05) is 11.5 Å². The van der Waals surface area contributed by atoms with Crippen molar-refractivity contribution in [3.05, 3.63) is 52.2 Å². The molecule has 0 aliphatic rings. The number of hydrogen-bond donors (Lipinski definition) is 2. The van der Waals surface area contributed by atoms with Crippen molar-refractivity contribution in [1.82, 2.24) is 9.97 Å². The molecule has 0 amide bonds. The van der Waals surface area contributed by atoms with Crippen LogP contribution in [0.25, 0.3) is 6.08 Å². The van der Waals surface area contributed by atoms with Crippen molar-refractivity contribution >= 4 is 29.4 Å². The fourth-order valence-electron chi connectivity index (χ4n) is 2.20. The van der Waals surface area contributed by atoms with Gasteiger partial charge in [0.2, 0.25) is 5.95 Å². The van der Waals surface area contributed by atoms with Crippen LogP contribution in [0, 0.1) is 6.92 Å². The molecule has 5 heteroatoms. The summed E-state index contributed by atoms with van der Waals surface area (Å²) in [6.07, 6.45) is 3.97. The largest absolute Gasteiger partial charge is 0.383 e. The number of nitrogens with zero attached hydrogens (tertiary/aromatic N) is 2. The SMILES string of the molecule is Cc1nc(N)nc(N)c1/C=C/C(C)(C)c1ccccc1Cl. The molecule has 0 bridgehead atoms. The second-order valence-corrected chi connectivity index (χ2v) is 5.91. The summed E-state index contributed by atoms with van der Waals surface area (Å²) in [5, 5.41) is 0.741. The second kappa shape index (κ2) is 5.74. The minimum atomic E-state index is -0.237. The third-order valence-corrected chi connectivity index (χ3v) is 3.75. The molecular formula is C16H19ClN4. The summed E-state index contributed by atoms with van der Waals surface area (Å²) in [5.74, 6) is 0.568. The van der Waals surface area contributed by atoms with Gasteiger partial charge in [0.25, 0.3) is 0 Å². The maximum absolute atomic E-state index is 6.27. The van der Waals surface area contributed by atoms with Gasteiger partial charge in [0, 0.05) is 16.0 Å². The highest BCUT2D eigenvalue weighted by Gasteiger charge is 2.20. The zero-order valence-electron chi connectivity index (χ0n) is 12.4. The average Bonchev–Trinajstić information content (AvgIpc) is 2.37. The lowest BCUT2D eigenvalue weighted by Gasteiger charge is -2.22. The van der Waals surface area contributed by atoms with E-state index in [1.165, 1.54) is 0 Å². The van der Waals surface area contributed by atoms with E-state index in [-0.39, 0.29) is 11.4 Å². The van der Waals surface area contributed by atoms with E-state index >= 15 is 0 Å². The Balaban J connectivity index is 2.39. The Kier molecular flexibility index (Phi) is 4.19. The first-order valence-electron chi connectivity index (χ1n) is 6.65. The standard InChI is InChI=1S/C16H19ClN4/c1-10-11(14(18)21-15(19)20-10)8-9-16(2,3)12-6-4-5-7-13(12)17/h4-9H,1-3H3,(H4,18,19,20,21)/b9-8+. The number of aromatic nitrogens is 2. The van der Waals surface area contributed by atoms with E-state index < -0.39 is 0 Å². The minimum absolute atomic E-state index is 0.188. The topological polar surface area (TPSA) is 77.8 Å². The van der Waals surface area contributed by atoms with Gasteiger partial charge in [-0.05, 0) is 18.6 Å². The third kappa shape index (κ3) is 3.34. The quantitative estimate of drug-likeness (QED) is 0.908. The highest BCUT2D eigenvalue weighted by atomic mass is 35.5. The Morgan fingerprint density at radius 3 is 2.43 bits per heavy atom. The molecule has 21 heavy (non-hydrogen) atoms. The molecule has 0 saturated heterocycles. The Labute approximate surface area is 129 Å². The molecule has 0 atom stereocenters. The number of anilines is 2. The Bertz CT molecular complexity index is 669. The van der Waals surface area contributed by atoms with E-state index in [9.17, 15) is 0 Å². The van der Waals surface area contributed by atoms with Crippen molar-refractivity contribution in [2.45, 2.75) is 26.2 Å². The number of benzene rings is 1. The van der Waals surface area contributed by atoms with Crippen molar-refractivity contribution in [2.24, 2.45) is 0 Å². The smallest absolute Gasteiger partial charge is 0.222 e. The van der Waals surface area contributed by atoms with Crippen LogP contribution in [0.4, 0.5) is 11.8 Å². The van der Waals surface area contributed by atoms with Gasteiger partial charge in [0.1, 0.15) is 5.82 Å². The number of allylic oxidation sites excluding steroid dienone is 1. The molecular weight excluding hydrogens is 284 g/mol. The summed E-state index contributed by atoms with van der Waals surface area (Å²) < 4.78 is 0. The van der Waals surface area contributed by atoms with Crippen LogP contribution in [0.2, 0.25) is 5.02 Å². The minimum Gasteiger partial charge on any atom is -0.383 e.